The molecule has 0 unspecified atom stereocenters. The lowest BCUT2D eigenvalue weighted by Gasteiger charge is -2.26. The maximum atomic E-state index is 14.0. The van der Waals surface area contributed by atoms with Gasteiger partial charge < -0.3 is 29.9 Å². The molecule has 2 aromatic carbocycles. The molecule has 1 atom stereocenters. The molecule has 38 heavy (non-hydrogen) atoms. The van der Waals surface area contributed by atoms with Crippen molar-refractivity contribution in [2.45, 2.75) is 31.2 Å². The van der Waals surface area contributed by atoms with Gasteiger partial charge in [-0.1, -0.05) is 54.6 Å². The summed E-state index contributed by atoms with van der Waals surface area (Å²) >= 11 is 0. The molecule has 4 N–H and O–H groups in total. The number of morpholine rings is 1. The minimum Gasteiger partial charge on any atom is -0.445 e. The fraction of sp³-hybridized carbons (Fsp3) is 0.440. The van der Waals surface area contributed by atoms with Gasteiger partial charge in [0.2, 0.25) is 5.91 Å². The topological polar surface area (TPSA) is 137 Å². The summed E-state index contributed by atoms with van der Waals surface area (Å²) in [4.78, 5) is 45.5. The second-order valence-electron chi connectivity index (χ2n) is 8.84. The zero-order valence-electron chi connectivity index (χ0n) is 20.7. The van der Waals surface area contributed by atoms with E-state index >= 15 is 0 Å². The Bertz CT molecular complexity index is 1090. The second kappa shape index (κ2) is 13.8. The van der Waals surface area contributed by atoms with E-state index in [1.54, 1.807) is 24.3 Å². The lowest BCUT2D eigenvalue weighted by Crippen LogP contribution is -2.48. The van der Waals surface area contributed by atoms with Crippen LogP contribution < -0.4 is 10.6 Å². The summed E-state index contributed by atoms with van der Waals surface area (Å²) in [6.07, 6.45) is -0.201. The van der Waals surface area contributed by atoms with Gasteiger partial charge in [0.05, 0.1) is 13.2 Å². The molecule has 1 aliphatic heterocycles. The normalized spacial score (nSPS) is 15.5. The highest BCUT2D eigenvalue weighted by atomic mass is 31.2. The Kier molecular flexibility index (Phi) is 10.7. The van der Waals surface area contributed by atoms with E-state index < -0.39 is 36.9 Å². The van der Waals surface area contributed by atoms with Crippen LogP contribution in [0.5, 0.6) is 0 Å². The van der Waals surface area contributed by atoms with Crippen LogP contribution in [0.3, 0.4) is 0 Å². The van der Waals surface area contributed by atoms with E-state index in [1.807, 2.05) is 6.07 Å². The van der Waals surface area contributed by atoms with Gasteiger partial charge in [-0.25, -0.2) is 4.79 Å². The number of halogens is 2. The highest BCUT2D eigenvalue weighted by molar-refractivity contribution is 7.52. The lowest BCUT2D eigenvalue weighted by molar-refractivity contribution is -0.123. The van der Waals surface area contributed by atoms with Crippen molar-refractivity contribution in [1.82, 2.24) is 15.5 Å². The summed E-state index contributed by atoms with van der Waals surface area (Å²) in [5, 5.41) is 5.31. The van der Waals surface area contributed by atoms with Crippen LogP contribution in [0.4, 0.5) is 13.6 Å². The molecule has 13 heteroatoms. The monoisotopic (exact) mass is 555 g/mol. The summed E-state index contributed by atoms with van der Waals surface area (Å²) in [5.74, 6) is -0.478. The molecule has 10 nitrogen and oxygen atoms in total. The van der Waals surface area contributed by atoms with Crippen LogP contribution in [-0.2, 0) is 37.5 Å². The van der Waals surface area contributed by atoms with Crippen LogP contribution in [0.1, 0.15) is 23.1 Å². The summed E-state index contributed by atoms with van der Waals surface area (Å²) in [5.41, 5.74) is -4.04. The van der Waals surface area contributed by atoms with Gasteiger partial charge in [-0.2, -0.15) is 8.78 Å². The molecule has 0 radical (unpaired) electrons. The Morgan fingerprint density at radius 1 is 1.05 bits per heavy atom. The zero-order chi connectivity index (χ0) is 27.6. The van der Waals surface area contributed by atoms with Crippen molar-refractivity contribution in [2.75, 3.05) is 39.4 Å². The van der Waals surface area contributed by atoms with Gasteiger partial charge >= 0.3 is 19.4 Å². The number of rotatable bonds is 12. The maximum Gasteiger partial charge on any atom is 0.408 e. The maximum absolute atomic E-state index is 14.0. The molecular formula is C25H32F2N3O7P. The second-order valence-corrected chi connectivity index (χ2v) is 10.5. The van der Waals surface area contributed by atoms with E-state index in [4.69, 9.17) is 19.3 Å². The molecule has 2 amide bonds. The minimum atomic E-state index is -5.71. The minimum absolute atomic E-state index is 0.00723. The van der Waals surface area contributed by atoms with Crippen LogP contribution in [0.15, 0.2) is 54.6 Å². The van der Waals surface area contributed by atoms with E-state index in [0.29, 0.717) is 31.7 Å². The average Bonchev–Trinajstić information content (AvgIpc) is 2.90. The van der Waals surface area contributed by atoms with Gasteiger partial charge in [-0.15, -0.1) is 0 Å². The number of carbonyl (C=O) groups is 2. The number of hydrogen-bond donors (Lipinski definition) is 4. The lowest BCUT2D eigenvalue weighted by atomic mass is 10.0. The first-order chi connectivity index (χ1) is 18.1. The number of carbonyl (C=O) groups excluding carboxylic acids is 2. The number of ether oxygens (including phenoxy) is 2. The van der Waals surface area contributed by atoms with Crippen molar-refractivity contribution >= 4 is 19.6 Å². The van der Waals surface area contributed by atoms with Crippen LogP contribution >= 0.6 is 7.60 Å². The van der Waals surface area contributed by atoms with Gasteiger partial charge in [-0.3, -0.25) is 14.3 Å². The van der Waals surface area contributed by atoms with Gasteiger partial charge in [-0.05, 0) is 24.1 Å². The van der Waals surface area contributed by atoms with Crippen molar-refractivity contribution in [3.8, 4) is 0 Å². The first-order valence-electron chi connectivity index (χ1n) is 12.1. The Balaban J connectivity index is 1.61. The van der Waals surface area contributed by atoms with Crippen LogP contribution in [0.25, 0.3) is 0 Å². The molecule has 0 saturated carbocycles. The molecule has 1 fully saturated rings. The highest BCUT2D eigenvalue weighted by Gasteiger charge is 2.50. The summed E-state index contributed by atoms with van der Waals surface area (Å²) in [7, 11) is -5.71. The fourth-order valence-corrected chi connectivity index (χ4v) is 4.31. The number of alkyl carbamates (subject to hydrolysis) is 1. The quantitative estimate of drug-likeness (QED) is 0.232. The first-order valence-corrected chi connectivity index (χ1v) is 13.8. The van der Waals surface area contributed by atoms with Crippen LogP contribution in [-0.4, -0.2) is 72.1 Å². The number of benzene rings is 2. The third-order valence-corrected chi connectivity index (χ3v) is 6.97. The summed E-state index contributed by atoms with van der Waals surface area (Å²) in [6, 6.07) is 12.1. The molecular weight excluding hydrogens is 523 g/mol. The standard InChI is InChI=1S/C25H32F2N3O7P/c26-25(27,38(33,34)35)21-9-7-19(8-10-21)17-22(29-24(32)37-18-20-5-2-1-3-6-20)23(31)28-11-4-12-30-13-15-36-16-14-30/h1-3,5-10,22H,4,11-18H2,(H,28,31)(H,29,32)(H2,33,34,35)/t22-/m0/s1. The molecule has 208 valence electrons. The molecule has 1 saturated heterocycles. The number of nitrogens with zero attached hydrogens (tertiary/aromatic N) is 1. The third-order valence-electron chi connectivity index (χ3n) is 5.98. The predicted octanol–water partition coefficient (Wildman–Crippen LogP) is 2.59. The summed E-state index contributed by atoms with van der Waals surface area (Å²) < 4.78 is 49.6. The zero-order valence-corrected chi connectivity index (χ0v) is 21.6. The van der Waals surface area contributed by atoms with Crippen molar-refractivity contribution in [3.63, 3.8) is 0 Å². The van der Waals surface area contributed by atoms with Gasteiger partial charge in [0.25, 0.3) is 0 Å². The highest BCUT2D eigenvalue weighted by Crippen LogP contribution is 2.59. The van der Waals surface area contributed by atoms with Crippen molar-refractivity contribution < 1.29 is 42.2 Å². The van der Waals surface area contributed by atoms with E-state index in [2.05, 4.69) is 15.5 Å². The number of hydrogen-bond acceptors (Lipinski definition) is 6. The van der Waals surface area contributed by atoms with Crippen molar-refractivity contribution in [2.24, 2.45) is 0 Å². The van der Waals surface area contributed by atoms with E-state index in [0.717, 1.165) is 37.3 Å². The number of alkyl halides is 2. The SMILES string of the molecule is O=C(N[C@@H](Cc1ccc(C(F)(F)P(=O)(O)O)cc1)C(=O)NCCCN1CCOCC1)OCc1ccccc1. The van der Waals surface area contributed by atoms with Crippen LogP contribution in [0, 0.1) is 0 Å². The molecule has 0 spiro atoms. The Morgan fingerprint density at radius 3 is 2.34 bits per heavy atom. The van der Waals surface area contributed by atoms with Gasteiger partial charge in [0.15, 0.2) is 0 Å². The molecule has 1 aliphatic rings. The van der Waals surface area contributed by atoms with Crippen LogP contribution in [0.2, 0.25) is 0 Å². The smallest absolute Gasteiger partial charge is 0.408 e. The van der Waals surface area contributed by atoms with E-state index in [-0.39, 0.29) is 13.0 Å². The number of nitrogens with one attached hydrogen (secondary N) is 2. The third kappa shape index (κ3) is 8.85. The Labute approximate surface area is 219 Å². The molecule has 3 rings (SSSR count). The average molecular weight is 556 g/mol. The molecule has 1 heterocycles. The van der Waals surface area contributed by atoms with E-state index in [1.165, 1.54) is 12.1 Å². The van der Waals surface area contributed by atoms with E-state index in [9.17, 15) is 22.9 Å². The molecule has 2 aromatic rings. The van der Waals surface area contributed by atoms with Crippen molar-refractivity contribution in [1.29, 1.82) is 0 Å². The molecule has 0 aliphatic carbocycles. The molecule has 0 bridgehead atoms. The van der Waals surface area contributed by atoms with Gasteiger partial charge in [0, 0.05) is 31.6 Å². The Morgan fingerprint density at radius 2 is 1.71 bits per heavy atom. The largest absolute Gasteiger partial charge is 0.445 e. The predicted molar refractivity (Wildman–Crippen MR) is 135 cm³/mol. The number of amides is 2. The first kappa shape index (κ1) is 29.7. The van der Waals surface area contributed by atoms with Gasteiger partial charge in [0.1, 0.15) is 12.6 Å². The Hall–Kier alpha value is -2.89. The molecule has 0 aromatic heterocycles. The van der Waals surface area contributed by atoms with Crippen molar-refractivity contribution in [3.05, 3.63) is 71.3 Å². The summed E-state index contributed by atoms with van der Waals surface area (Å²) in [6.45, 7) is 4.11. The fourth-order valence-electron chi connectivity index (χ4n) is 3.82.